The number of oxazole rings is 1. The van der Waals surface area contributed by atoms with E-state index in [1.54, 1.807) is 11.1 Å². The van der Waals surface area contributed by atoms with Crippen LogP contribution in [0.5, 0.6) is 0 Å². The summed E-state index contributed by atoms with van der Waals surface area (Å²) in [4.78, 5) is 18.9. The highest BCUT2D eigenvalue weighted by Gasteiger charge is 2.32. The third-order valence-corrected chi connectivity index (χ3v) is 4.81. The third-order valence-electron chi connectivity index (χ3n) is 4.81. The Kier molecular flexibility index (Phi) is 5.19. The van der Waals surface area contributed by atoms with Crippen LogP contribution in [0.25, 0.3) is 11.3 Å². The number of nitrogens with zero attached hydrogens (tertiary/aromatic N) is 2. The third kappa shape index (κ3) is 4.03. The molecule has 2 aromatic carbocycles. The average molecular weight is 362 g/mol. The number of carbonyl (C=O) groups excluding carboxylic acids is 1. The second-order valence-electron chi connectivity index (χ2n) is 6.67. The molecule has 1 aromatic heterocycles. The van der Waals surface area contributed by atoms with Crippen LogP contribution in [0.4, 0.5) is 4.79 Å². The normalized spacial score (nSPS) is 16.9. The van der Waals surface area contributed by atoms with E-state index in [4.69, 9.17) is 9.15 Å². The summed E-state index contributed by atoms with van der Waals surface area (Å²) in [6.07, 6.45) is 4.24. The van der Waals surface area contributed by atoms with E-state index in [-0.39, 0.29) is 18.7 Å². The first-order valence-electron chi connectivity index (χ1n) is 9.30. The van der Waals surface area contributed by atoms with Gasteiger partial charge in [-0.25, -0.2) is 9.78 Å². The first kappa shape index (κ1) is 17.3. The van der Waals surface area contributed by atoms with Crippen LogP contribution >= 0.6 is 0 Å². The van der Waals surface area contributed by atoms with Crippen molar-refractivity contribution < 1.29 is 13.9 Å². The average Bonchev–Trinajstić information content (AvgIpc) is 3.23. The van der Waals surface area contributed by atoms with Crippen molar-refractivity contribution in [3.05, 3.63) is 78.3 Å². The van der Waals surface area contributed by atoms with Crippen LogP contribution in [-0.4, -0.2) is 22.5 Å². The van der Waals surface area contributed by atoms with E-state index in [0.717, 1.165) is 30.4 Å². The molecule has 5 heteroatoms. The predicted molar refractivity (Wildman–Crippen MR) is 102 cm³/mol. The van der Waals surface area contributed by atoms with E-state index in [1.807, 2.05) is 60.7 Å². The monoisotopic (exact) mass is 362 g/mol. The highest BCUT2D eigenvalue weighted by molar-refractivity contribution is 5.68. The van der Waals surface area contributed by atoms with Gasteiger partial charge >= 0.3 is 6.09 Å². The van der Waals surface area contributed by atoms with Crippen LogP contribution in [0, 0.1) is 0 Å². The van der Waals surface area contributed by atoms with Crippen molar-refractivity contribution in [2.45, 2.75) is 31.9 Å². The number of amides is 1. The SMILES string of the molecule is O=C(OCc1ccccc1)N1CCCCC1c1ncc(-c2ccccc2)o1. The van der Waals surface area contributed by atoms with Gasteiger partial charge in [0.2, 0.25) is 5.89 Å². The Morgan fingerprint density at radius 2 is 1.81 bits per heavy atom. The highest BCUT2D eigenvalue weighted by atomic mass is 16.6. The van der Waals surface area contributed by atoms with Gasteiger partial charge in [-0.1, -0.05) is 60.7 Å². The van der Waals surface area contributed by atoms with E-state index in [0.29, 0.717) is 18.2 Å². The van der Waals surface area contributed by atoms with Crippen LogP contribution in [0.3, 0.4) is 0 Å². The Bertz CT molecular complexity index is 877. The summed E-state index contributed by atoms with van der Waals surface area (Å²) in [5.74, 6) is 1.29. The Hall–Kier alpha value is -3.08. The van der Waals surface area contributed by atoms with Gasteiger partial charge in [0, 0.05) is 12.1 Å². The lowest BCUT2D eigenvalue weighted by atomic mass is 10.0. The molecular formula is C22H22N2O3. The standard InChI is InChI=1S/C22H22N2O3/c25-22(26-16-17-9-3-1-4-10-17)24-14-8-7-13-19(24)21-23-15-20(27-21)18-11-5-2-6-12-18/h1-6,9-12,15,19H,7-8,13-14,16H2. The van der Waals surface area contributed by atoms with Crippen molar-refractivity contribution in [1.82, 2.24) is 9.88 Å². The number of piperidine rings is 1. The summed E-state index contributed by atoms with van der Waals surface area (Å²) >= 11 is 0. The van der Waals surface area contributed by atoms with E-state index in [1.165, 1.54) is 0 Å². The van der Waals surface area contributed by atoms with Crippen molar-refractivity contribution in [3.8, 4) is 11.3 Å². The summed E-state index contributed by atoms with van der Waals surface area (Å²) < 4.78 is 11.5. The second-order valence-corrected chi connectivity index (χ2v) is 6.67. The number of hydrogen-bond donors (Lipinski definition) is 0. The Balaban J connectivity index is 1.47. The van der Waals surface area contributed by atoms with E-state index >= 15 is 0 Å². The number of benzene rings is 2. The topological polar surface area (TPSA) is 55.6 Å². The molecule has 4 rings (SSSR count). The van der Waals surface area contributed by atoms with Crippen molar-refractivity contribution in [1.29, 1.82) is 0 Å². The van der Waals surface area contributed by atoms with Gasteiger partial charge in [0.15, 0.2) is 5.76 Å². The van der Waals surface area contributed by atoms with Crippen molar-refractivity contribution >= 4 is 6.09 Å². The first-order chi connectivity index (χ1) is 13.3. The van der Waals surface area contributed by atoms with Gasteiger partial charge in [0.1, 0.15) is 12.6 Å². The van der Waals surface area contributed by atoms with Crippen LogP contribution in [0.15, 0.2) is 71.3 Å². The molecule has 5 nitrogen and oxygen atoms in total. The summed E-state index contributed by atoms with van der Waals surface area (Å²) in [6, 6.07) is 19.4. The smallest absolute Gasteiger partial charge is 0.410 e. The van der Waals surface area contributed by atoms with Crippen LogP contribution in [0.2, 0.25) is 0 Å². The van der Waals surface area contributed by atoms with Gasteiger partial charge in [0.25, 0.3) is 0 Å². The Morgan fingerprint density at radius 1 is 1.07 bits per heavy atom. The fourth-order valence-corrected chi connectivity index (χ4v) is 3.39. The lowest BCUT2D eigenvalue weighted by molar-refractivity contribution is 0.0611. The summed E-state index contributed by atoms with van der Waals surface area (Å²) in [5, 5.41) is 0. The predicted octanol–water partition coefficient (Wildman–Crippen LogP) is 5.21. The minimum Gasteiger partial charge on any atom is -0.445 e. The number of likely N-dealkylation sites (tertiary alicyclic amines) is 1. The lowest BCUT2D eigenvalue weighted by Gasteiger charge is -2.32. The van der Waals surface area contributed by atoms with Gasteiger partial charge in [-0.05, 0) is 24.8 Å². The lowest BCUT2D eigenvalue weighted by Crippen LogP contribution is -2.38. The van der Waals surface area contributed by atoms with E-state index in [2.05, 4.69) is 4.98 Å². The van der Waals surface area contributed by atoms with Crippen LogP contribution in [0.1, 0.15) is 36.8 Å². The highest BCUT2D eigenvalue weighted by Crippen LogP contribution is 2.33. The number of ether oxygens (including phenoxy) is 1. The second kappa shape index (κ2) is 8.08. The molecule has 1 aliphatic rings. The number of rotatable bonds is 4. The maximum Gasteiger partial charge on any atom is 0.410 e. The van der Waals surface area contributed by atoms with Crippen LogP contribution < -0.4 is 0 Å². The minimum absolute atomic E-state index is 0.181. The molecule has 138 valence electrons. The molecule has 0 aliphatic carbocycles. The molecule has 0 bridgehead atoms. The van der Waals surface area contributed by atoms with Crippen molar-refractivity contribution in [2.75, 3.05) is 6.54 Å². The van der Waals surface area contributed by atoms with Crippen molar-refractivity contribution in [2.24, 2.45) is 0 Å². The zero-order chi connectivity index (χ0) is 18.5. The molecule has 3 aromatic rings. The molecule has 1 amide bonds. The summed E-state index contributed by atoms with van der Waals surface area (Å²) in [7, 11) is 0. The van der Waals surface area contributed by atoms with E-state index in [9.17, 15) is 4.79 Å². The molecule has 0 N–H and O–H groups in total. The molecule has 0 radical (unpaired) electrons. The quantitative estimate of drug-likeness (QED) is 0.640. The van der Waals surface area contributed by atoms with Crippen molar-refractivity contribution in [3.63, 3.8) is 0 Å². The Morgan fingerprint density at radius 3 is 2.59 bits per heavy atom. The largest absolute Gasteiger partial charge is 0.445 e. The maximum atomic E-state index is 12.7. The van der Waals surface area contributed by atoms with Gasteiger partial charge < -0.3 is 9.15 Å². The van der Waals surface area contributed by atoms with Gasteiger partial charge in [0.05, 0.1) is 6.20 Å². The van der Waals surface area contributed by atoms with Crippen LogP contribution in [-0.2, 0) is 11.3 Å². The Labute approximate surface area is 158 Å². The minimum atomic E-state index is -0.317. The fraction of sp³-hybridized carbons (Fsp3) is 0.273. The summed E-state index contributed by atoms with van der Waals surface area (Å²) in [6.45, 7) is 0.922. The molecular weight excluding hydrogens is 340 g/mol. The number of carbonyl (C=O) groups is 1. The number of hydrogen-bond acceptors (Lipinski definition) is 4. The van der Waals surface area contributed by atoms with E-state index < -0.39 is 0 Å². The zero-order valence-electron chi connectivity index (χ0n) is 15.1. The molecule has 1 fully saturated rings. The van der Waals surface area contributed by atoms with Gasteiger partial charge in [-0.15, -0.1) is 0 Å². The number of aromatic nitrogens is 1. The first-order valence-corrected chi connectivity index (χ1v) is 9.30. The molecule has 1 atom stereocenters. The molecule has 27 heavy (non-hydrogen) atoms. The molecule has 2 heterocycles. The zero-order valence-corrected chi connectivity index (χ0v) is 15.1. The molecule has 0 spiro atoms. The molecule has 1 aliphatic heterocycles. The van der Waals surface area contributed by atoms with Gasteiger partial charge in [-0.3, -0.25) is 4.90 Å². The molecule has 1 unspecified atom stereocenters. The summed E-state index contributed by atoms with van der Waals surface area (Å²) in [5.41, 5.74) is 1.95. The maximum absolute atomic E-state index is 12.7. The fourth-order valence-electron chi connectivity index (χ4n) is 3.39. The molecule has 1 saturated heterocycles. The molecule has 0 saturated carbocycles. The van der Waals surface area contributed by atoms with Gasteiger partial charge in [-0.2, -0.15) is 0 Å².